The van der Waals surface area contributed by atoms with Crippen molar-refractivity contribution in [3.63, 3.8) is 0 Å². The predicted octanol–water partition coefficient (Wildman–Crippen LogP) is -1.32. The van der Waals surface area contributed by atoms with Gasteiger partial charge in [-0.1, -0.05) is 6.92 Å². The third kappa shape index (κ3) is 11.9. The van der Waals surface area contributed by atoms with E-state index in [-0.39, 0.29) is 6.61 Å². The van der Waals surface area contributed by atoms with Crippen LogP contribution in [0.2, 0.25) is 0 Å². The van der Waals surface area contributed by atoms with Gasteiger partial charge in [-0.2, -0.15) is 0 Å². The lowest BCUT2D eigenvalue weighted by Crippen LogP contribution is -2.61. The summed E-state index contributed by atoms with van der Waals surface area (Å²) >= 11 is 0. The first-order valence-electron chi connectivity index (χ1n) is 8.00. The summed E-state index contributed by atoms with van der Waals surface area (Å²) in [7, 11) is -21.7. The second kappa shape index (κ2) is 11.2. The summed E-state index contributed by atoms with van der Waals surface area (Å²) in [4.78, 5) is 72.5. The summed E-state index contributed by atoms with van der Waals surface area (Å²) < 4.78 is 72.8. The van der Waals surface area contributed by atoms with Crippen LogP contribution in [0.3, 0.4) is 0 Å². The third-order valence-corrected chi connectivity index (χ3v) is 5.30. The molecule has 1 aliphatic heterocycles. The van der Waals surface area contributed by atoms with Crippen LogP contribution in [0.5, 0.6) is 0 Å². The van der Waals surface area contributed by atoms with Crippen LogP contribution in [0.25, 0.3) is 0 Å². The summed E-state index contributed by atoms with van der Waals surface area (Å²) in [6.07, 6.45) is -10.5. The predicted molar refractivity (Wildman–Crippen MR) is 93.7 cm³/mol. The van der Waals surface area contributed by atoms with Crippen molar-refractivity contribution in [3.05, 3.63) is 0 Å². The molecule has 18 nitrogen and oxygen atoms in total. The molecular formula is C9H22O18P4. The average molecular weight is 542 g/mol. The fourth-order valence-corrected chi connectivity index (χ4v) is 4.39. The number of hydrogen-bond donors (Lipinski definition) is 8. The maximum atomic E-state index is 11.4. The molecule has 0 unspecified atom stereocenters. The van der Waals surface area contributed by atoms with Crippen molar-refractivity contribution in [2.75, 3.05) is 13.2 Å². The minimum absolute atomic E-state index is 0.176. The van der Waals surface area contributed by atoms with Crippen LogP contribution in [0.4, 0.5) is 0 Å². The Morgan fingerprint density at radius 2 is 1.16 bits per heavy atom. The lowest BCUT2D eigenvalue weighted by molar-refractivity contribution is -0.291. The zero-order valence-electron chi connectivity index (χ0n) is 15.5. The standard InChI is InChI=1S/C9H22O18P4/c1-2-3-22-9-8(27-31(19,20)21)7(26-30(16,17)18)6(25-29(13,14)15)5(24-9)4-23-28(10,11)12/h5-9H,2-4H2,1H3,(H2,10,11,12)(H2,13,14,15)(H2,16,17,18)(H2,19,20,21)/t5-,6+,7+,8-,9-/m1/s1. The molecule has 0 aliphatic carbocycles. The molecular weight excluding hydrogens is 520 g/mol. The zero-order chi connectivity index (χ0) is 24.3. The van der Waals surface area contributed by atoms with E-state index in [0.29, 0.717) is 6.42 Å². The van der Waals surface area contributed by atoms with Crippen LogP contribution in [0, 0.1) is 0 Å². The molecule has 1 aliphatic rings. The number of rotatable bonds is 12. The van der Waals surface area contributed by atoms with Crippen molar-refractivity contribution in [2.24, 2.45) is 0 Å². The minimum atomic E-state index is -5.54. The van der Waals surface area contributed by atoms with Crippen LogP contribution in [-0.2, 0) is 45.8 Å². The van der Waals surface area contributed by atoms with E-state index in [4.69, 9.17) is 48.6 Å². The average Bonchev–Trinajstić information content (AvgIpc) is 2.51. The van der Waals surface area contributed by atoms with Gasteiger partial charge < -0.3 is 48.6 Å². The van der Waals surface area contributed by atoms with Gasteiger partial charge in [-0.15, -0.1) is 0 Å². The van der Waals surface area contributed by atoms with Gasteiger partial charge in [-0.25, -0.2) is 18.3 Å². The Bertz CT molecular complexity index is 762. The van der Waals surface area contributed by atoms with E-state index < -0.39 is 68.6 Å². The molecule has 186 valence electrons. The van der Waals surface area contributed by atoms with Gasteiger partial charge in [-0.3, -0.25) is 18.1 Å². The molecule has 22 heteroatoms. The highest BCUT2D eigenvalue weighted by Crippen LogP contribution is 2.50. The molecule has 5 atom stereocenters. The fourth-order valence-electron chi connectivity index (χ4n) is 2.39. The minimum Gasteiger partial charge on any atom is -0.350 e. The van der Waals surface area contributed by atoms with E-state index >= 15 is 0 Å². The first-order chi connectivity index (χ1) is 13.8. The molecule has 31 heavy (non-hydrogen) atoms. The summed E-state index contributed by atoms with van der Waals surface area (Å²) in [5, 5.41) is 0. The zero-order valence-corrected chi connectivity index (χ0v) is 19.0. The molecule has 0 aromatic heterocycles. The van der Waals surface area contributed by atoms with Crippen LogP contribution in [0.15, 0.2) is 0 Å². The Morgan fingerprint density at radius 3 is 1.58 bits per heavy atom. The molecule has 0 aromatic carbocycles. The monoisotopic (exact) mass is 542 g/mol. The highest BCUT2D eigenvalue weighted by Gasteiger charge is 2.55. The van der Waals surface area contributed by atoms with Crippen LogP contribution < -0.4 is 0 Å². The summed E-state index contributed by atoms with van der Waals surface area (Å²) in [6.45, 7) is 0.244. The van der Waals surface area contributed by atoms with Crippen LogP contribution >= 0.6 is 31.3 Å². The molecule has 0 radical (unpaired) electrons. The highest BCUT2D eigenvalue weighted by molar-refractivity contribution is 7.47. The fraction of sp³-hybridized carbons (Fsp3) is 1.00. The second-order valence-corrected chi connectivity index (χ2v) is 10.7. The van der Waals surface area contributed by atoms with Gasteiger partial charge in [0.1, 0.15) is 24.4 Å². The maximum Gasteiger partial charge on any atom is 0.470 e. The molecule has 1 fully saturated rings. The molecule has 0 aromatic rings. The molecule has 0 spiro atoms. The van der Waals surface area contributed by atoms with E-state index in [1.807, 2.05) is 0 Å². The Hall–Kier alpha value is 0.360. The topological polar surface area (TPSA) is 285 Å². The van der Waals surface area contributed by atoms with Gasteiger partial charge in [0.2, 0.25) is 0 Å². The highest BCUT2D eigenvalue weighted by atomic mass is 31.2. The molecule has 1 heterocycles. The smallest absolute Gasteiger partial charge is 0.350 e. The van der Waals surface area contributed by atoms with E-state index in [1.165, 1.54) is 0 Å². The van der Waals surface area contributed by atoms with Gasteiger partial charge in [0.05, 0.1) is 6.61 Å². The van der Waals surface area contributed by atoms with E-state index in [2.05, 4.69) is 18.1 Å². The molecule has 1 saturated heterocycles. The molecule has 0 amide bonds. The number of hydrogen-bond acceptors (Lipinski definition) is 10. The quantitative estimate of drug-likeness (QED) is 0.133. The summed E-state index contributed by atoms with van der Waals surface area (Å²) in [5.74, 6) is 0. The molecule has 1 rings (SSSR count). The van der Waals surface area contributed by atoms with Crippen molar-refractivity contribution in [1.82, 2.24) is 0 Å². The summed E-state index contributed by atoms with van der Waals surface area (Å²) in [6, 6.07) is 0. The van der Waals surface area contributed by atoms with Gasteiger partial charge >= 0.3 is 31.3 Å². The Balaban J connectivity index is 3.47. The second-order valence-electron chi connectivity index (χ2n) is 5.88. The van der Waals surface area contributed by atoms with Crippen LogP contribution in [-0.4, -0.2) is 83.1 Å². The normalized spacial score (nSPS) is 28.6. The third-order valence-electron chi connectivity index (χ3n) is 3.26. The first-order valence-corrected chi connectivity index (χ1v) is 14.1. The van der Waals surface area contributed by atoms with E-state index in [9.17, 15) is 18.3 Å². The van der Waals surface area contributed by atoms with Crippen molar-refractivity contribution < 1.29 is 85.0 Å². The molecule has 0 saturated carbocycles. The van der Waals surface area contributed by atoms with E-state index in [0.717, 1.165) is 0 Å². The molecule has 0 bridgehead atoms. The van der Waals surface area contributed by atoms with Crippen molar-refractivity contribution in [2.45, 2.75) is 44.1 Å². The van der Waals surface area contributed by atoms with Gasteiger partial charge in [0, 0.05) is 6.61 Å². The SMILES string of the molecule is CCCO[C@@H]1O[C@H](COP(=O)(O)O)[C@H](OP(=O)(O)O)[C@H](OP(=O)(O)O)[C@H]1OP(=O)(O)O. The van der Waals surface area contributed by atoms with Gasteiger partial charge in [0.25, 0.3) is 0 Å². The lowest BCUT2D eigenvalue weighted by Gasteiger charge is -2.44. The Morgan fingerprint density at radius 1 is 0.710 bits per heavy atom. The number of ether oxygens (including phenoxy) is 2. The first kappa shape index (κ1) is 29.4. The maximum absolute atomic E-state index is 11.4. The Labute approximate surface area is 174 Å². The van der Waals surface area contributed by atoms with E-state index in [1.54, 1.807) is 6.92 Å². The Kier molecular flexibility index (Phi) is 10.6. The number of phosphoric acid groups is 4. The largest absolute Gasteiger partial charge is 0.470 e. The van der Waals surface area contributed by atoms with Gasteiger partial charge in [-0.05, 0) is 6.42 Å². The number of phosphoric ester groups is 4. The lowest BCUT2D eigenvalue weighted by atomic mass is 9.99. The van der Waals surface area contributed by atoms with Crippen LogP contribution in [0.1, 0.15) is 13.3 Å². The molecule has 8 N–H and O–H groups in total. The van der Waals surface area contributed by atoms with Crippen molar-refractivity contribution in [1.29, 1.82) is 0 Å². The van der Waals surface area contributed by atoms with Gasteiger partial charge in [0.15, 0.2) is 6.29 Å². The van der Waals surface area contributed by atoms with Crippen molar-refractivity contribution in [3.8, 4) is 0 Å². The summed E-state index contributed by atoms with van der Waals surface area (Å²) in [5.41, 5.74) is 0. The van der Waals surface area contributed by atoms with Crippen molar-refractivity contribution >= 4 is 31.3 Å².